The number of nitrogens with zero attached hydrogens (tertiary/aromatic N) is 4. The van der Waals surface area contributed by atoms with Crippen LogP contribution in [0.5, 0.6) is 0 Å². The highest BCUT2D eigenvalue weighted by atomic mass is 16.1. The molecule has 0 aliphatic carbocycles. The summed E-state index contributed by atoms with van der Waals surface area (Å²) in [7, 11) is 0. The van der Waals surface area contributed by atoms with Gasteiger partial charge in [0, 0.05) is 6.54 Å². The quantitative estimate of drug-likeness (QED) is 0.683. The van der Waals surface area contributed by atoms with Crippen molar-refractivity contribution in [1.29, 1.82) is 0 Å². The van der Waals surface area contributed by atoms with Gasteiger partial charge in [-0.25, -0.2) is 9.97 Å². The molecule has 1 aromatic carbocycles. The highest BCUT2D eigenvalue weighted by molar-refractivity contribution is 5.69. The van der Waals surface area contributed by atoms with Gasteiger partial charge in [-0.2, -0.15) is 0 Å². The molecule has 0 aliphatic rings. The van der Waals surface area contributed by atoms with Crippen molar-refractivity contribution in [3.63, 3.8) is 0 Å². The van der Waals surface area contributed by atoms with Crippen LogP contribution in [0.3, 0.4) is 0 Å². The van der Waals surface area contributed by atoms with Gasteiger partial charge in [0.2, 0.25) is 0 Å². The van der Waals surface area contributed by atoms with Gasteiger partial charge >= 0.3 is 0 Å². The van der Waals surface area contributed by atoms with E-state index in [4.69, 9.17) is 0 Å². The molecule has 0 bridgehead atoms. The lowest BCUT2D eigenvalue weighted by Gasteiger charge is -2.04. The molecule has 0 saturated carbocycles. The molecule has 0 aliphatic heterocycles. The lowest BCUT2D eigenvalue weighted by Crippen LogP contribution is -2.19. The van der Waals surface area contributed by atoms with E-state index in [2.05, 4.69) is 9.97 Å². The third kappa shape index (κ3) is 1.52. The maximum Gasteiger partial charge on any atom is 0.286 e. The van der Waals surface area contributed by atoms with Crippen molar-refractivity contribution in [2.75, 3.05) is 0 Å². The minimum absolute atomic E-state index is 0.140. The minimum Gasteiger partial charge on any atom is -0.315 e. The molecule has 5 nitrogen and oxygen atoms in total. The van der Waals surface area contributed by atoms with Gasteiger partial charge < -0.3 is 4.57 Å². The van der Waals surface area contributed by atoms with Gasteiger partial charge in [-0.3, -0.25) is 9.36 Å². The number of hydrogen-bond donors (Lipinski definition) is 0. The average Bonchev–Trinajstić information content (AvgIpc) is 2.84. The van der Waals surface area contributed by atoms with Gasteiger partial charge in [-0.1, -0.05) is 18.2 Å². The average molecular weight is 240 g/mol. The topological polar surface area (TPSA) is 52.7 Å². The van der Waals surface area contributed by atoms with Crippen molar-refractivity contribution in [3.8, 4) is 5.69 Å². The predicted octanol–water partition coefficient (Wildman–Crippen LogP) is 1.60. The molecule has 0 atom stereocenters. The van der Waals surface area contributed by atoms with Crippen LogP contribution in [0.1, 0.15) is 6.92 Å². The molecule has 18 heavy (non-hydrogen) atoms. The molecule has 2 aromatic heterocycles. The molecule has 0 unspecified atom stereocenters. The first-order valence-electron chi connectivity index (χ1n) is 5.79. The molecule has 2 heterocycles. The van der Waals surface area contributed by atoms with E-state index in [1.54, 1.807) is 12.7 Å². The van der Waals surface area contributed by atoms with E-state index in [1.807, 2.05) is 41.8 Å². The molecule has 0 radical (unpaired) electrons. The van der Waals surface area contributed by atoms with Crippen LogP contribution in [0.25, 0.3) is 16.9 Å². The first kappa shape index (κ1) is 10.7. The molecular weight excluding hydrogens is 228 g/mol. The van der Waals surface area contributed by atoms with Crippen molar-refractivity contribution in [2.24, 2.45) is 0 Å². The normalized spacial score (nSPS) is 10.9. The standard InChI is InChI=1S/C13H12N4O/c1-2-16-8-14-11-12(16)15-9-17(13(11)18)10-6-4-3-5-7-10/h3-9H,2H2,1H3. The van der Waals surface area contributed by atoms with Crippen LogP contribution in [-0.4, -0.2) is 19.1 Å². The molecule has 5 heteroatoms. The largest absolute Gasteiger partial charge is 0.315 e. The van der Waals surface area contributed by atoms with Crippen molar-refractivity contribution < 1.29 is 0 Å². The van der Waals surface area contributed by atoms with E-state index in [0.29, 0.717) is 11.2 Å². The Hall–Kier alpha value is -2.43. The summed E-state index contributed by atoms with van der Waals surface area (Å²) in [6.45, 7) is 2.74. The van der Waals surface area contributed by atoms with Crippen LogP contribution in [0.15, 0.2) is 47.8 Å². The van der Waals surface area contributed by atoms with Gasteiger partial charge in [0.05, 0.1) is 12.0 Å². The van der Waals surface area contributed by atoms with Crippen LogP contribution in [0.2, 0.25) is 0 Å². The Labute approximate surface area is 103 Å². The first-order chi connectivity index (χ1) is 8.81. The number of hydrogen-bond acceptors (Lipinski definition) is 3. The van der Waals surface area contributed by atoms with Crippen molar-refractivity contribution in [3.05, 3.63) is 53.3 Å². The fourth-order valence-electron chi connectivity index (χ4n) is 1.94. The van der Waals surface area contributed by atoms with Crippen molar-refractivity contribution in [2.45, 2.75) is 13.5 Å². The van der Waals surface area contributed by atoms with E-state index in [-0.39, 0.29) is 5.56 Å². The number of rotatable bonds is 2. The summed E-state index contributed by atoms with van der Waals surface area (Å²) in [5, 5.41) is 0. The van der Waals surface area contributed by atoms with Gasteiger partial charge in [0.25, 0.3) is 5.56 Å². The number of imidazole rings is 1. The van der Waals surface area contributed by atoms with E-state index in [0.717, 1.165) is 12.2 Å². The summed E-state index contributed by atoms with van der Waals surface area (Å²) < 4.78 is 3.36. The zero-order valence-electron chi connectivity index (χ0n) is 9.95. The highest BCUT2D eigenvalue weighted by Crippen LogP contribution is 2.08. The fourth-order valence-corrected chi connectivity index (χ4v) is 1.94. The smallest absolute Gasteiger partial charge is 0.286 e. The Morgan fingerprint density at radius 3 is 2.61 bits per heavy atom. The van der Waals surface area contributed by atoms with Gasteiger partial charge in [0.15, 0.2) is 11.2 Å². The second kappa shape index (κ2) is 4.10. The van der Waals surface area contributed by atoms with Gasteiger partial charge in [-0.05, 0) is 19.1 Å². The number of aromatic nitrogens is 4. The lowest BCUT2D eigenvalue weighted by atomic mass is 10.3. The van der Waals surface area contributed by atoms with Crippen LogP contribution in [-0.2, 0) is 6.54 Å². The second-order valence-corrected chi connectivity index (χ2v) is 3.96. The van der Waals surface area contributed by atoms with Crippen LogP contribution in [0.4, 0.5) is 0 Å². The summed E-state index contributed by atoms with van der Waals surface area (Å²) in [5.74, 6) is 0. The van der Waals surface area contributed by atoms with Crippen LogP contribution < -0.4 is 5.56 Å². The van der Waals surface area contributed by atoms with Crippen molar-refractivity contribution >= 4 is 11.2 Å². The Morgan fingerprint density at radius 1 is 1.11 bits per heavy atom. The first-order valence-corrected chi connectivity index (χ1v) is 5.79. The molecule has 0 saturated heterocycles. The number of benzene rings is 1. The zero-order valence-corrected chi connectivity index (χ0v) is 9.95. The number of fused-ring (bicyclic) bond motifs is 1. The van der Waals surface area contributed by atoms with E-state index < -0.39 is 0 Å². The zero-order chi connectivity index (χ0) is 12.5. The minimum atomic E-state index is -0.140. The van der Waals surface area contributed by atoms with E-state index in [1.165, 1.54) is 4.57 Å². The third-order valence-electron chi connectivity index (χ3n) is 2.90. The molecule has 0 spiro atoms. The molecule has 3 rings (SSSR count). The molecule has 3 aromatic rings. The SMILES string of the molecule is CCn1cnc2c(=O)n(-c3ccccc3)cnc21. The molecule has 0 N–H and O–H groups in total. The molecule has 0 fully saturated rings. The van der Waals surface area contributed by atoms with Crippen LogP contribution in [0, 0.1) is 0 Å². The Kier molecular flexibility index (Phi) is 2.44. The van der Waals surface area contributed by atoms with Crippen molar-refractivity contribution in [1.82, 2.24) is 19.1 Å². The molecule has 90 valence electrons. The monoisotopic (exact) mass is 240 g/mol. The maximum absolute atomic E-state index is 12.3. The Morgan fingerprint density at radius 2 is 1.89 bits per heavy atom. The Bertz CT molecular complexity index is 743. The van der Waals surface area contributed by atoms with Crippen LogP contribution >= 0.6 is 0 Å². The molecular formula is C13H12N4O. The number of para-hydroxylation sites is 1. The van der Waals surface area contributed by atoms with E-state index >= 15 is 0 Å². The molecule has 0 amide bonds. The number of aryl methyl sites for hydroxylation is 1. The van der Waals surface area contributed by atoms with E-state index in [9.17, 15) is 4.79 Å². The lowest BCUT2D eigenvalue weighted by molar-refractivity contribution is 0.775. The predicted molar refractivity (Wildman–Crippen MR) is 68.8 cm³/mol. The summed E-state index contributed by atoms with van der Waals surface area (Å²) in [6.07, 6.45) is 3.20. The highest BCUT2D eigenvalue weighted by Gasteiger charge is 2.09. The second-order valence-electron chi connectivity index (χ2n) is 3.96. The summed E-state index contributed by atoms with van der Waals surface area (Å²) in [6, 6.07) is 9.41. The van der Waals surface area contributed by atoms with Gasteiger partial charge in [0.1, 0.15) is 6.33 Å². The summed E-state index contributed by atoms with van der Waals surface area (Å²) in [4.78, 5) is 20.8. The van der Waals surface area contributed by atoms with Gasteiger partial charge in [-0.15, -0.1) is 0 Å². The summed E-state index contributed by atoms with van der Waals surface area (Å²) in [5.41, 5.74) is 1.69. The summed E-state index contributed by atoms with van der Waals surface area (Å²) >= 11 is 0. The Balaban J connectivity index is 2.28. The fraction of sp³-hybridized carbons (Fsp3) is 0.154. The third-order valence-corrected chi connectivity index (χ3v) is 2.90. The maximum atomic E-state index is 12.3.